The average Bonchev–Trinajstić information content (AvgIpc) is 2.10. The first kappa shape index (κ1) is 7.53. The topological polar surface area (TPSA) is 58.9 Å². The molecule has 10 heavy (non-hydrogen) atoms. The predicted octanol–water partition coefficient (Wildman–Crippen LogP) is 0.139. The van der Waals surface area contributed by atoms with Gasteiger partial charge in [0.05, 0.1) is 6.61 Å². The molecule has 1 aliphatic heterocycles. The van der Waals surface area contributed by atoms with Gasteiger partial charge in [-0.2, -0.15) is 0 Å². The molecule has 0 spiro atoms. The van der Waals surface area contributed by atoms with E-state index in [0.29, 0.717) is 0 Å². The summed E-state index contributed by atoms with van der Waals surface area (Å²) in [6.07, 6.45) is -0.602. The van der Waals surface area contributed by atoms with Gasteiger partial charge in [-0.1, -0.05) is 6.58 Å². The van der Waals surface area contributed by atoms with Crippen molar-refractivity contribution in [3.63, 3.8) is 0 Å². The molecule has 0 aliphatic carbocycles. The molecule has 2 atom stereocenters. The summed E-state index contributed by atoms with van der Waals surface area (Å²) in [4.78, 5) is 0. The van der Waals surface area contributed by atoms with Crippen LogP contribution in [0.4, 0.5) is 0 Å². The molecular weight excluding hydrogens is 136 g/mol. The van der Waals surface area contributed by atoms with Gasteiger partial charge < -0.3 is 19.7 Å². The van der Waals surface area contributed by atoms with Crippen molar-refractivity contribution >= 4 is 0 Å². The molecule has 1 rings (SSSR count). The summed E-state index contributed by atoms with van der Waals surface area (Å²) < 4.78 is 9.52. The van der Waals surface area contributed by atoms with Crippen molar-refractivity contribution in [1.29, 1.82) is 0 Å². The summed E-state index contributed by atoms with van der Waals surface area (Å²) in [5.41, 5.74) is 0. The highest BCUT2D eigenvalue weighted by atomic mass is 16.9. The molecule has 2 unspecified atom stereocenters. The number of ether oxygens (including phenoxy) is 2. The average molecular weight is 146 g/mol. The van der Waals surface area contributed by atoms with Crippen molar-refractivity contribution in [2.24, 2.45) is 0 Å². The fourth-order valence-electron chi connectivity index (χ4n) is 0.727. The Morgan fingerprint density at radius 3 is 2.60 bits per heavy atom. The third-order valence-electron chi connectivity index (χ3n) is 1.24. The van der Waals surface area contributed by atoms with Gasteiger partial charge in [0.2, 0.25) is 0 Å². The molecule has 1 aliphatic rings. The minimum Gasteiger partial charge on any atom is -0.510 e. The molecule has 4 nitrogen and oxygen atoms in total. The Balaban J connectivity index is 2.51. The monoisotopic (exact) mass is 146 g/mol. The quantitative estimate of drug-likeness (QED) is 0.516. The molecule has 1 saturated heterocycles. The summed E-state index contributed by atoms with van der Waals surface area (Å²) in [5.74, 6) is -1.70. The van der Waals surface area contributed by atoms with E-state index in [1.807, 2.05) is 0 Å². The normalized spacial score (nSPS) is 40.0. The van der Waals surface area contributed by atoms with Gasteiger partial charge in [0.25, 0.3) is 5.97 Å². The van der Waals surface area contributed by atoms with Crippen molar-refractivity contribution in [3.05, 3.63) is 12.3 Å². The molecule has 0 amide bonds. The van der Waals surface area contributed by atoms with Crippen LogP contribution in [0, 0.1) is 0 Å². The number of rotatable bonds is 1. The standard InChI is InChI=1S/C6H10O4/c1-4(7)5-3-9-6(2,8)10-5/h5,7-8H,1,3H2,2H3. The lowest BCUT2D eigenvalue weighted by atomic mass is 10.3. The van der Waals surface area contributed by atoms with E-state index in [1.165, 1.54) is 6.92 Å². The van der Waals surface area contributed by atoms with Gasteiger partial charge in [-0.25, -0.2) is 0 Å². The highest BCUT2D eigenvalue weighted by Crippen LogP contribution is 2.22. The van der Waals surface area contributed by atoms with Crippen molar-refractivity contribution in [3.8, 4) is 0 Å². The van der Waals surface area contributed by atoms with E-state index in [0.717, 1.165) is 0 Å². The lowest BCUT2D eigenvalue weighted by Gasteiger charge is -2.14. The van der Waals surface area contributed by atoms with Gasteiger partial charge in [0, 0.05) is 6.92 Å². The van der Waals surface area contributed by atoms with E-state index >= 15 is 0 Å². The Bertz CT molecular complexity index is 152. The molecule has 0 aromatic carbocycles. The number of aliphatic hydroxyl groups is 2. The molecule has 0 radical (unpaired) electrons. The number of hydrogen-bond donors (Lipinski definition) is 2. The highest BCUT2D eigenvalue weighted by molar-refractivity contribution is 4.92. The van der Waals surface area contributed by atoms with Gasteiger partial charge in [0.15, 0.2) is 0 Å². The van der Waals surface area contributed by atoms with Gasteiger partial charge in [-0.15, -0.1) is 0 Å². The minimum absolute atomic E-state index is 0.127. The smallest absolute Gasteiger partial charge is 0.278 e. The van der Waals surface area contributed by atoms with E-state index < -0.39 is 12.1 Å². The van der Waals surface area contributed by atoms with Gasteiger partial charge in [-0.3, -0.25) is 0 Å². The lowest BCUT2D eigenvalue weighted by molar-refractivity contribution is -0.297. The molecule has 1 heterocycles. The van der Waals surface area contributed by atoms with Gasteiger partial charge in [0.1, 0.15) is 11.9 Å². The van der Waals surface area contributed by atoms with E-state index in [4.69, 9.17) is 19.7 Å². The maximum atomic E-state index is 9.02. The SMILES string of the molecule is C=C(O)C1COC(C)(O)O1. The van der Waals surface area contributed by atoms with Crippen molar-refractivity contribution in [2.75, 3.05) is 6.61 Å². The third-order valence-corrected chi connectivity index (χ3v) is 1.24. The van der Waals surface area contributed by atoms with Crippen LogP contribution in [-0.4, -0.2) is 28.9 Å². The van der Waals surface area contributed by atoms with Crippen LogP contribution in [0.2, 0.25) is 0 Å². The Morgan fingerprint density at radius 2 is 2.40 bits per heavy atom. The summed E-state index contributed by atoms with van der Waals surface area (Å²) in [6.45, 7) is 4.74. The first-order chi connectivity index (χ1) is 4.51. The van der Waals surface area contributed by atoms with E-state index in [2.05, 4.69) is 6.58 Å². The molecule has 1 fully saturated rings. The predicted molar refractivity (Wildman–Crippen MR) is 33.2 cm³/mol. The van der Waals surface area contributed by atoms with E-state index in [9.17, 15) is 0 Å². The second-order valence-corrected chi connectivity index (χ2v) is 2.31. The van der Waals surface area contributed by atoms with E-state index in [-0.39, 0.29) is 12.4 Å². The van der Waals surface area contributed by atoms with Crippen LogP contribution in [0.15, 0.2) is 12.3 Å². The van der Waals surface area contributed by atoms with Crippen LogP contribution in [0.3, 0.4) is 0 Å². The first-order valence-corrected chi connectivity index (χ1v) is 2.93. The second-order valence-electron chi connectivity index (χ2n) is 2.31. The lowest BCUT2D eigenvalue weighted by Crippen LogP contribution is -2.25. The summed E-state index contributed by atoms with van der Waals surface area (Å²) >= 11 is 0. The van der Waals surface area contributed by atoms with E-state index in [1.54, 1.807) is 0 Å². The van der Waals surface area contributed by atoms with Crippen LogP contribution in [0.25, 0.3) is 0 Å². The number of aliphatic hydroxyl groups excluding tert-OH is 1. The van der Waals surface area contributed by atoms with Crippen LogP contribution in [0.5, 0.6) is 0 Å². The fraction of sp³-hybridized carbons (Fsp3) is 0.667. The molecule has 2 N–H and O–H groups in total. The Labute approximate surface area is 58.7 Å². The zero-order valence-corrected chi connectivity index (χ0v) is 5.70. The third kappa shape index (κ3) is 1.47. The van der Waals surface area contributed by atoms with Crippen LogP contribution < -0.4 is 0 Å². The zero-order chi connectivity index (χ0) is 7.78. The molecular formula is C6H10O4. The van der Waals surface area contributed by atoms with Gasteiger partial charge in [-0.05, 0) is 0 Å². The zero-order valence-electron chi connectivity index (χ0n) is 5.70. The van der Waals surface area contributed by atoms with Crippen molar-refractivity contribution in [2.45, 2.75) is 19.0 Å². The largest absolute Gasteiger partial charge is 0.510 e. The maximum Gasteiger partial charge on any atom is 0.278 e. The summed E-state index contributed by atoms with van der Waals surface area (Å²) in [7, 11) is 0. The van der Waals surface area contributed by atoms with Crippen LogP contribution >= 0.6 is 0 Å². The van der Waals surface area contributed by atoms with Crippen molar-refractivity contribution < 1.29 is 19.7 Å². The van der Waals surface area contributed by atoms with Crippen molar-refractivity contribution in [1.82, 2.24) is 0 Å². The molecule has 58 valence electrons. The Kier molecular flexibility index (Phi) is 1.68. The first-order valence-electron chi connectivity index (χ1n) is 2.93. The molecule has 0 bridgehead atoms. The molecule has 4 heteroatoms. The van der Waals surface area contributed by atoms with Gasteiger partial charge >= 0.3 is 0 Å². The van der Waals surface area contributed by atoms with Crippen LogP contribution in [0.1, 0.15) is 6.92 Å². The fourth-order valence-corrected chi connectivity index (χ4v) is 0.727. The van der Waals surface area contributed by atoms with Crippen LogP contribution in [-0.2, 0) is 9.47 Å². The summed E-state index contributed by atoms with van der Waals surface area (Å²) in [5, 5.41) is 17.8. The molecule has 0 aromatic heterocycles. The maximum absolute atomic E-state index is 9.02. The number of hydrogen-bond acceptors (Lipinski definition) is 4. The summed E-state index contributed by atoms with van der Waals surface area (Å²) in [6, 6.07) is 0. The Morgan fingerprint density at radius 1 is 1.80 bits per heavy atom. The molecule has 0 aromatic rings. The Hall–Kier alpha value is -0.580. The molecule has 0 saturated carbocycles. The highest BCUT2D eigenvalue weighted by Gasteiger charge is 2.36. The minimum atomic E-state index is -1.57. The second kappa shape index (κ2) is 2.23.